The monoisotopic (exact) mass is 806 g/mol. The van der Waals surface area contributed by atoms with E-state index in [1.807, 2.05) is 29.8 Å². The number of H-pyrrole nitrogens is 3. The number of nitrogens with one attached hydrogen (secondary N) is 4. The van der Waals surface area contributed by atoms with Crippen molar-refractivity contribution in [3.05, 3.63) is 151 Å². The molecule has 11 rings (SSSR count). The molecule has 4 N–H and O–H groups in total. The number of non-ortho nitro benzene ring substituents is 2. The normalized spacial score (nSPS) is 21.1. The van der Waals surface area contributed by atoms with Crippen LogP contribution in [0.3, 0.4) is 0 Å². The molecular formula is C46H46N8O4S. The van der Waals surface area contributed by atoms with E-state index in [9.17, 15) is 20.2 Å². The van der Waals surface area contributed by atoms with Crippen LogP contribution in [-0.4, -0.2) is 78.6 Å². The summed E-state index contributed by atoms with van der Waals surface area (Å²) in [6, 6.07) is 24.6. The van der Waals surface area contributed by atoms with E-state index in [0.717, 1.165) is 45.1 Å². The minimum Gasteiger partial charge on any atom is -0.361 e. The molecule has 0 spiro atoms. The Kier molecular flexibility index (Phi) is 10.3. The maximum atomic E-state index is 11.0. The average molecular weight is 807 g/mol. The molecule has 4 aromatic heterocycles. The Bertz CT molecular complexity index is 2780. The number of rotatable bonds is 7. The van der Waals surface area contributed by atoms with Crippen LogP contribution in [0.25, 0.3) is 43.9 Å². The first-order valence-corrected chi connectivity index (χ1v) is 21.0. The molecular weight excluding hydrogens is 761 g/mol. The molecule has 2 saturated heterocycles. The van der Waals surface area contributed by atoms with Gasteiger partial charge in [-0.05, 0) is 111 Å². The molecule has 7 aromatic rings. The van der Waals surface area contributed by atoms with Gasteiger partial charge in [0.1, 0.15) is 0 Å². The maximum Gasteiger partial charge on any atom is 0.270 e. The predicted octanol–water partition coefficient (Wildman–Crippen LogP) is 10.5. The average Bonchev–Trinajstić information content (AvgIpc) is 4.10. The van der Waals surface area contributed by atoms with E-state index in [1.54, 1.807) is 47.9 Å². The van der Waals surface area contributed by atoms with E-state index < -0.39 is 4.92 Å². The van der Waals surface area contributed by atoms with Gasteiger partial charge >= 0.3 is 0 Å². The summed E-state index contributed by atoms with van der Waals surface area (Å²) in [6.45, 7) is 0. The van der Waals surface area contributed by atoms with Crippen molar-refractivity contribution in [1.29, 1.82) is 5.41 Å². The molecule has 4 atom stereocenters. The quantitative estimate of drug-likeness (QED) is 0.0711. The highest BCUT2D eigenvalue weighted by Crippen LogP contribution is 2.41. The zero-order valence-corrected chi connectivity index (χ0v) is 33.8. The molecule has 0 amide bonds. The minimum atomic E-state index is -0.396. The number of nitro benzene ring substituents is 2. The first-order valence-electron chi connectivity index (χ1n) is 20.1. The number of fused-ring (bicyclic) bond motifs is 7. The number of thiophene rings is 1. The Hall–Kier alpha value is -6.15. The van der Waals surface area contributed by atoms with Crippen molar-refractivity contribution in [2.24, 2.45) is 0 Å². The second-order valence-electron chi connectivity index (χ2n) is 16.1. The zero-order chi connectivity index (χ0) is 40.8. The van der Waals surface area contributed by atoms with Crippen molar-refractivity contribution in [3.63, 3.8) is 0 Å². The van der Waals surface area contributed by atoms with Gasteiger partial charge in [-0.25, -0.2) is 0 Å². The topological polar surface area (TPSA) is 164 Å². The molecule has 0 aliphatic carbocycles. The van der Waals surface area contributed by atoms with Crippen LogP contribution in [0.4, 0.5) is 11.4 Å². The number of likely N-dealkylation sites (N-methyl/N-ethyl adjacent to an activating group) is 2. The van der Waals surface area contributed by atoms with Gasteiger partial charge < -0.3 is 20.4 Å². The number of hydrogen-bond acceptors (Lipinski definition) is 8. The molecule has 4 aliphatic heterocycles. The second-order valence-corrected chi connectivity index (χ2v) is 17.1. The number of nitro groups is 2. The van der Waals surface area contributed by atoms with Crippen molar-refractivity contribution in [1.82, 2.24) is 24.8 Å². The molecule has 2 fully saturated rings. The lowest BCUT2D eigenvalue weighted by atomic mass is 9.94. The smallest absolute Gasteiger partial charge is 0.270 e. The second kappa shape index (κ2) is 15.9. The fourth-order valence-electron chi connectivity index (χ4n) is 9.41. The van der Waals surface area contributed by atoms with Gasteiger partial charge in [-0.2, -0.15) is 0 Å². The Labute approximate surface area is 345 Å². The summed E-state index contributed by atoms with van der Waals surface area (Å²) in [4.78, 5) is 36.3. The van der Waals surface area contributed by atoms with Crippen LogP contribution in [0.5, 0.6) is 0 Å². The Balaban J connectivity index is 0.000000122. The highest BCUT2D eigenvalue weighted by molar-refractivity contribution is 7.12. The van der Waals surface area contributed by atoms with Gasteiger partial charge in [-0.1, -0.05) is 24.3 Å². The lowest BCUT2D eigenvalue weighted by Crippen LogP contribution is -2.34. The van der Waals surface area contributed by atoms with Crippen molar-refractivity contribution >= 4 is 72.3 Å². The minimum absolute atomic E-state index is 0.127. The van der Waals surface area contributed by atoms with Crippen molar-refractivity contribution in [2.75, 3.05) is 14.1 Å². The van der Waals surface area contributed by atoms with E-state index >= 15 is 0 Å². The van der Waals surface area contributed by atoms with Crippen molar-refractivity contribution < 1.29 is 9.85 Å². The van der Waals surface area contributed by atoms with Crippen LogP contribution >= 0.6 is 11.3 Å². The predicted molar refractivity (Wildman–Crippen MR) is 237 cm³/mol. The third-order valence-corrected chi connectivity index (χ3v) is 13.7. The lowest BCUT2D eigenvalue weighted by Gasteiger charge is -2.30. The summed E-state index contributed by atoms with van der Waals surface area (Å²) in [6.07, 6.45) is 18.7. The van der Waals surface area contributed by atoms with Gasteiger partial charge in [0.2, 0.25) is 0 Å². The Morgan fingerprint density at radius 2 is 1.31 bits per heavy atom. The molecule has 0 radical (unpaired) electrons. The van der Waals surface area contributed by atoms with Gasteiger partial charge in [0.25, 0.3) is 11.4 Å². The molecule has 13 heteroatoms. The van der Waals surface area contributed by atoms with Crippen LogP contribution in [0.1, 0.15) is 60.1 Å². The van der Waals surface area contributed by atoms with E-state index in [0.29, 0.717) is 36.3 Å². The standard InChI is InChI=1S/C22H23N3S.C16H17N3O2.C8H6N2O2/c1-25-16-5-6-17(25)12-15(11-16)19-13-24-21-7-4-14(9-18(19)21)10-20(23)22-3-2-8-26-22;1-18-11-2-3-12(18)7-10(6-11)15-9-17-16-5-4-13(19(20)21)8-14(15)16;11-10(12)7-1-2-8-6(5-7)3-4-9-8/h2-4,7-9,11,13,16-17,23-24H,5-6,10,12H2,1H3;4-6,8-9,11-12,17H,2-3,7H2,1H3;1-5,9H. The number of aromatic amines is 3. The van der Waals surface area contributed by atoms with Gasteiger partial charge in [0.15, 0.2) is 0 Å². The molecule has 300 valence electrons. The fraction of sp³-hybridized carbons (Fsp3) is 0.283. The Morgan fingerprint density at radius 3 is 1.88 bits per heavy atom. The largest absolute Gasteiger partial charge is 0.361 e. The van der Waals surface area contributed by atoms with Crippen LogP contribution < -0.4 is 0 Å². The first kappa shape index (κ1) is 38.4. The van der Waals surface area contributed by atoms with Crippen LogP contribution in [0.2, 0.25) is 0 Å². The van der Waals surface area contributed by atoms with E-state index in [1.165, 1.54) is 64.9 Å². The zero-order valence-electron chi connectivity index (χ0n) is 33.0. The molecule has 4 bridgehead atoms. The molecule has 4 unspecified atom stereocenters. The summed E-state index contributed by atoms with van der Waals surface area (Å²) in [7, 11) is 4.45. The summed E-state index contributed by atoms with van der Waals surface area (Å²) < 4.78 is 0. The summed E-state index contributed by atoms with van der Waals surface area (Å²) >= 11 is 1.64. The number of benzene rings is 3. The first-order chi connectivity index (χ1) is 28.6. The lowest BCUT2D eigenvalue weighted by molar-refractivity contribution is -0.384. The number of nitrogens with zero attached hydrogens (tertiary/aromatic N) is 4. The molecule has 0 saturated carbocycles. The summed E-state index contributed by atoms with van der Waals surface area (Å²) in [5.41, 5.74) is 10.6. The van der Waals surface area contributed by atoms with Crippen LogP contribution in [-0.2, 0) is 6.42 Å². The summed E-state index contributed by atoms with van der Waals surface area (Å²) in [5.74, 6) is 0. The Morgan fingerprint density at radius 1 is 0.729 bits per heavy atom. The third-order valence-electron chi connectivity index (χ3n) is 12.7. The van der Waals surface area contributed by atoms with E-state index in [2.05, 4.69) is 75.4 Å². The van der Waals surface area contributed by atoms with Gasteiger partial charge in [-0.3, -0.25) is 30.0 Å². The van der Waals surface area contributed by atoms with Gasteiger partial charge in [0, 0.05) is 122 Å². The van der Waals surface area contributed by atoms with E-state index in [-0.39, 0.29) is 16.3 Å². The molecule has 4 aliphatic rings. The van der Waals surface area contributed by atoms with Gasteiger partial charge in [-0.15, -0.1) is 11.3 Å². The van der Waals surface area contributed by atoms with Gasteiger partial charge in [0.05, 0.1) is 15.6 Å². The maximum absolute atomic E-state index is 11.0. The highest BCUT2D eigenvalue weighted by atomic mass is 32.1. The van der Waals surface area contributed by atoms with Crippen molar-refractivity contribution in [2.45, 2.75) is 69.1 Å². The highest BCUT2D eigenvalue weighted by Gasteiger charge is 2.35. The molecule has 8 heterocycles. The fourth-order valence-corrected chi connectivity index (χ4v) is 10.1. The third kappa shape index (κ3) is 7.64. The summed E-state index contributed by atoms with van der Waals surface area (Å²) in [5, 5.41) is 34.9. The molecule has 59 heavy (non-hydrogen) atoms. The van der Waals surface area contributed by atoms with E-state index in [4.69, 9.17) is 5.41 Å². The molecule has 12 nitrogen and oxygen atoms in total. The SMILES string of the molecule is CN1C2C=C(c3c[nH]c4ccc(CC(=N)c5cccs5)cc34)CC1CC2.CN1C2C=C(c3c[nH]c4ccc([N+](=O)[O-])cc34)CC1CC2.O=[N+]([O-])c1ccc2[nH]ccc2c1. The van der Waals surface area contributed by atoms with Crippen LogP contribution in [0.15, 0.2) is 109 Å². The number of hydrogen-bond donors (Lipinski definition) is 4. The van der Waals surface area contributed by atoms with Crippen LogP contribution in [0, 0.1) is 25.6 Å². The molecule has 3 aromatic carbocycles. The number of aromatic nitrogens is 3. The van der Waals surface area contributed by atoms with Crippen molar-refractivity contribution in [3.8, 4) is 0 Å².